The summed E-state index contributed by atoms with van der Waals surface area (Å²) in [5.41, 5.74) is 0.458. The summed E-state index contributed by atoms with van der Waals surface area (Å²) in [6.45, 7) is 0.253. The monoisotopic (exact) mass is 354 g/mol. The Hall–Kier alpha value is -2.17. The van der Waals surface area contributed by atoms with Gasteiger partial charge in [0.2, 0.25) is 15.9 Å². The number of amides is 1. The number of carbonyl (C=O) groups is 1. The number of sulfonamides is 1. The van der Waals surface area contributed by atoms with E-state index in [-0.39, 0.29) is 28.7 Å². The second-order valence-corrected chi connectivity index (χ2v) is 7.02. The molecular weight excluding hydrogens is 340 g/mol. The molecule has 0 spiro atoms. The second kappa shape index (κ2) is 7.40. The number of nitrogens with two attached hydrogens (primary N) is 1. The Labute approximate surface area is 136 Å². The molecule has 0 radical (unpaired) electrons. The Bertz CT molecular complexity index is 847. The molecule has 23 heavy (non-hydrogen) atoms. The van der Waals surface area contributed by atoms with Crippen molar-refractivity contribution in [2.45, 2.75) is 16.6 Å². The number of aromatic nitrogens is 2. The average molecular weight is 354 g/mol. The fourth-order valence-corrected chi connectivity index (χ4v) is 2.80. The van der Waals surface area contributed by atoms with Gasteiger partial charge in [-0.05, 0) is 17.7 Å². The molecule has 0 unspecified atom stereocenters. The van der Waals surface area contributed by atoms with Crippen LogP contribution in [0.2, 0.25) is 0 Å². The third kappa shape index (κ3) is 5.51. The zero-order chi connectivity index (χ0) is 16.9. The molecule has 0 saturated carbocycles. The molecule has 0 saturated heterocycles. The quantitative estimate of drug-likeness (QED) is 0.487. The van der Waals surface area contributed by atoms with Crippen LogP contribution in [0, 0.1) is 0 Å². The van der Waals surface area contributed by atoms with Crippen molar-refractivity contribution in [2.75, 3.05) is 5.75 Å². The van der Waals surface area contributed by atoms with Gasteiger partial charge in [0.25, 0.3) is 5.56 Å². The third-order valence-electron chi connectivity index (χ3n) is 2.73. The van der Waals surface area contributed by atoms with E-state index in [0.29, 0.717) is 5.16 Å². The van der Waals surface area contributed by atoms with Gasteiger partial charge < -0.3 is 10.3 Å². The standard InChI is InChI=1S/C13H14N4O4S2/c14-23(20,21)10-3-1-9(2-4-10)7-16-12(19)8-22-13-15-6-5-11(18)17-13/h1-6H,7-8H2,(H,16,19)(H2,14,20,21)(H,15,17,18). The highest BCUT2D eigenvalue weighted by Gasteiger charge is 2.08. The molecule has 0 aliphatic heterocycles. The van der Waals surface area contributed by atoms with Crippen LogP contribution in [0.25, 0.3) is 0 Å². The highest BCUT2D eigenvalue weighted by atomic mass is 32.2. The summed E-state index contributed by atoms with van der Waals surface area (Å²) in [6.07, 6.45) is 1.37. The molecule has 10 heteroatoms. The van der Waals surface area contributed by atoms with Crippen molar-refractivity contribution in [3.63, 3.8) is 0 Å². The van der Waals surface area contributed by atoms with E-state index in [1.54, 1.807) is 12.1 Å². The zero-order valence-corrected chi connectivity index (χ0v) is 13.5. The van der Waals surface area contributed by atoms with Crippen LogP contribution < -0.4 is 16.0 Å². The van der Waals surface area contributed by atoms with Gasteiger partial charge in [-0.15, -0.1) is 0 Å². The number of nitrogens with zero attached hydrogens (tertiary/aromatic N) is 1. The number of rotatable bonds is 6. The van der Waals surface area contributed by atoms with Gasteiger partial charge in [0, 0.05) is 18.8 Å². The van der Waals surface area contributed by atoms with E-state index >= 15 is 0 Å². The summed E-state index contributed by atoms with van der Waals surface area (Å²) < 4.78 is 22.3. The first kappa shape index (κ1) is 17.2. The van der Waals surface area contributed by atoms with Crippen molar-refractivity contribution in [2.24, 2.45) is 5.14 Å². The van der Waals surface area contributed by atoms with Crippen molar-refractivity contribution in [3.05, 3.63) is 52.4 Å². The largest absolute Gasteiger partial charge is 0.351 e. The Balaban J connectivity index is 1.83. The summed E-state index contributed by atoms with van der Waals surface area (Å²) in [5.74, 6) is -0.139. The van der Waals surface area contributed by atoms with Gasteiger partial charge in [-0.1, -0.05) is 23.9 Å². The minimum atomic E-state index is -3.72. The van der Waals surface area contributed by atoms with Crippen LogP contribution in [0.15, 0.2) is 51.4 Å². The highest BCUT2D eigenvalue weighted by Crippen LogP contribution is 2.10. The highest BCUT2D eigenvalue weighted by molar-refractivity contribution is 7.99. The molecule has 0 atom stereocenters. The zero-order valence-electron chi connectivity index (χ0n) is 11.9. The number of primary sulfonamides is 1. The maximum atomic E-state index is 11.7. The molecule has 1 heterocycles. The number of carbonyl (C=O) groups excluding carboxylic acids is 1. The van der Waals surface area contributed by atoms with Gasteiger partial charge in [0.15, 0.2) is 5.16 Å². The summed E-state index contributed by atoms with van der Waals surface area (Å²) in [7, 11) is -3.72. The van der Waals surface area contributed by atoms with Crippen LogP contribution in [0.5, 0.6) is 0 Å². The fourth-order valence-electron chi connectivity index (χ4n) is 1.61. The van der Waals surface area contributed by atoms with E-state index in [1.165, 1.54) is 24.4 Å². The Morgan fingerprint density at radius 3 is 2.57 bits per heavy atom. The van der Waals surface area contributed by atoms with Crippen LogP contribution in [0.4, 0.5) is 0 Å². The number of nitrogens with one attached hydrogen (secondary N) is 2. The number of hydrogen-bond donors (Lipinski definition) is 3. The van der Waals surface area contributed by atoms with Gasteiger partial charge in [-0.25, -0.2) is 18.5 Å². The normalized spacial score (nSPS) is 11.2. The number of thioether (sulfide) groups is 1. The molecule has 0 bridgehead atoms. The summed E-state index contributed by atoms with van der Waals surface area (Å²) in [4.78, 5) is 29.3. The van der Waals surface area contributed by atoms with Crippen molar-refractivity contribution in [3.8, 4) is 0 Å². The van der Waals surface area contributed by atoms with E-state index in [1.807, 2.05) is 0 Å². The maximum Gasteiger partial charge on any atom is 0.251 e. The molecule has 8 nitrogen and oxygen atoms in total. The van der Waals surface area contributed by atoms with Crippen LogP contribution in [-0.4, -0.2) is 30.0 Å². The van der Waals surface area contributed by atoms with Gasteiger partial charge in [-0.2, -0.15) is 0 Å². The lowest BCUT2D eigenvalue weighted by molar-refractivity contribution is -0.118. The molecule has 1 aromatic heterocycles. The second-order valence-electron chi connectivity index (χ2n) is 4.49. The summed E-state index contributed by atoms with van der Waals surface area (Å²) in [6, 6.07) is 7.19. The van der Waals surface area contributed by atoms with Crippen molar-refractivity contribution >= 4 is 27.7 Å². The predicted molar refractivity (Wildman–Crippen MR) is 85.2 cm³/mol. The molecule has 0 fully saturated rings. The van der Waals surface area contributed by atoms with E-state index in [4.69, 9.17) is 5.14 Å². The average Bonchev–Trinajstić information content (AvgIpc) is 2.50. The van der Waals surface area contributed by atoms with E-state index < -0.39 is 10.0 Å². The Morgan fingerprint density at radius 1 is 1.26 bits per heavy atom. The van der Waals surface area contributed by atoms with E-state index in [9.17, 15) is 18.0 Å². The first-order valence-corrected chi connectivity index (χ1v) is 8.94. The molecule has 122 valence electrons. The fraction of sp³-hybridized carbons (Fsp3) is 0.154. The lowest BCUT2D eigenvalue weighted by Crippen LogP contribution is -2.24. The lowest BCUT2D eigenvalue weighted by Gasteiger charge is -2.06. The topological polar surface area (TPSA) is 135 Å². The van der Waals surface area contributed by atoms with Gasteiger partial charge in [0.05, 0.1) is 10.6 Å². The molecule has 2 rings (SSSR count). The number of aromatic amines is 1. The van der Waals surface area contributed by atoms with Crippen molar-refractivity contribution < 1.29 is 13.2 Å². The van der Waals surface area contributed by atoms with Crippen LogP contribution in [-0.2, 0) is 21.4 Å². The SMILES string of the molecule is NS(=O)(=O)c1ccc(CNC(=O)CSc2nccc(=O)[nH]2)cc1. The van der Waals surface area contributed by atoms with Gasteiger partial charge >= 0.3 is 0 Å². The smallest absolute Gasteiger partial charge is 0.251 e. The molecule has 1 aromatic carbocycles. The predicted octanol–water partition coefficient (Wildman–Crippen LogP) is -0.174. The van der Waals surface area contributed by atoms with Gasteiger partial charge in [-0.3, -0.25) is 9.59 Å². The van der Waals surface area contributed by atoms with Crippen LogP contribution in [0.1, 0.15) is 5.56 Å². The van der Waals surface area contributed by atoms with Crippen LogP contribution >= 0.6 is 11.8 Å². The summed E-state index contributed by atoms with van der Waals surface area (Å²) >= 11 is 1.11. The molecule has 0 aliphatic carbocycles. The van der Waals surface area contributed by atoms with E-state index in [0.717, 1.165) is 17.3 Å². The molecule has 1 amide bonds. The molecular formula is C13H14N4O4S2. The Morgan fingerprint density at radius 2 is 1.96 bits per heavy atom. The minimum absolute atomic E-state index is 0.0160. The molecule has 0 aliphatic rings. The van der Waals surface area contributed by atoms with Gasteiger partial charge in [0.1, 0.15) is 0 Å². The van der Waals surface area contributed by atoms with E-state index in [2.05, 4.69) is 15.3 Å². The third-order valence-corrected chi connectivity index (χ3v) is 4.55. The van der Waals surface area contributed by atoms with Crippen molar-refractivity contribution in [1.82, 2.24) is 15.3 Å². The lowest BCUT2D eigenvalue weighted by atomic mass is 10.2. The van der Waals surface area contributed by atoms with Crippen molar-refractivity contribution in [1.29, 1.82) is 0 Å². The molecule has 2 aromatic rings. The Kier molecular flexibility index (Phi) is 5.53. The molecule has 4 N–H and O–H groups in total. The summed E-state index contributed by atoms with van der Waals surface area (Å²) in [5, 5.41) is 8.05. The number of H-pyrrole nitrogens is 1. The first-order chi connectivity index (χ1) is 10.8. The van der Waals surface area contributed by atoms with Crippen LogP contribution in [0.3, 0.4) is 0 Å². The minimum Gasteiger partial charge on any atom is -0.351 e. The maximum absolute atomic E-state index is 11.7. The number of benzene rings is 1. The first-order valence-electron chi connectivity index (χ1n) is 6.41. The number of hydrogen-bond acceptors (Lipinski definition) is 6.